The van der Waals surface area contributed by atoms with Gasteiger partial charge >= 0.3 is 0 Å². The van der Waals surface area contributed by atoms with Gasteiger partial charge in [-0.1, -0.05) is 18.2 Å². The van der Waals surface area contributed by atoms with Gasteiger partial charge in [0, 0.05) is 28.7 Å². The number of fused-ring (bicyclic) bond motifs is 1. The van der Waals surface area contributed by atoms with E-state index in [1.165, 1.54) is 21.9 Å². The number of allylic oxidation sites excluding steroid dienone is 2. The number of aryl methyl sites for hydroxylation is 1. The zero-order chi connectivity index (χ0) is 20.4. The molecule has 0 radical (unpaired) electrons. The number of carbonyl (C=O) groups is 2. The summed E-state index contributed by atoms with van der Waals surface area (Å²) >= 11 is 1.34. The van der Waals surface area contributed by atoms with Crippen LogP contribution in [-0.2, 0) is 4.79 Å². The molecule has 1 aromatic carbocycles. The van der Waals surface area contributed by atoms with E-state index in [0.717, 1.165) is 24.8 Å². The Morgan fingerprint density at radius 2 is 2.07 bits per heavy atom. The number of thiazole rings is 1. The normalized spacial score (nSPS) is 16.0. The van der Waals surface area contributed by atoms with Crippen LogP contribution < -0.4 is 16.2 Å². The molecule has 2 aromatic heterocycles. The van der Waals surface area contributed by atoms with Crippen molar-refractivity contribution in [1.29, 1.82) is 0 Å². The van der Waals surface area contributed by atoms with Crippen molar-refractivity contribution in [1.82, 2.24) is 9.38 Å². The van der Waals surface area contributed by atoms with Gasteiger partial charge in [0.1, 0.15) is 5.69 Å². The molecule has 2 amide bonds. The highest BCUT2D eigenvalue weighted by atomic mass is 32.1. The molecule has 0 saturated heterocycles. The standard InChI is InChI=1S/C21H20N4O3S/c1-13-7-8-15(11-16(13)23-18(26)14-5-3-2-4-6-14)19(27)24-17-12-22-21-25(20(17)28)9-10-29-21/h2-3,7-12,14H,4-6H2,1H3,(H,23,26)(H,24,27). The van der Waals surface area contributed by atoms with E-state index in [1.807, 2.05) is 13.0 Å². The Hall–Kier alpha value is -3.26. The largest absolute Gasteiger partial charge is 0.326 e. The topological polar surface area (TPSA) is 92.6 Å². The molecule has 0 fully saturated rings. The Kier molecular flexibility index (Phi) is 5.26. The van der Waals surface area contributed by atoms with Gasteiger partial charge in [0.25, 0.3) is 11.5 Å². The van der Waals surface area contributed by atoms with Gasteiger partial charge in [-0.2, -0.15) is 0 Å². The molecule has 0 saturated carbocycles. The average molecular weight is 408 g/mol. The molecule has 1 aliphatic carbocycles. The van der Waals surface area contributed by atoms with Gasteiger partial charge in [0.05, 0.1) is 6.20 Å². The average Bonchev–Trinajstić information content (AvgIpc) is 3.22. The molecular formula is C21H20N4O3S. The molecule has 2 heterocycles. The molecule has 2 N–H and O–H groups in total. The molecule has 1 aliphatic rings. The SMILES string of the molecule is Cc1ccc(C(=O)Nc2cnc3sccn3c2=O)cc1NC(=O)C1CC=CCC1. The second-order valence-corrected chi connectivity index (χ2v) is 7.86. The Morgan fingerprint density at radius 3 is 2.86 bits per heavy atom. The van der Waals surface area contributed by atoms with Gasteiger partial charge in [-0.25, -0.2) is 4.98 Å². The van der Waals surface area contributed by atoms with Crippen LogP contribution in [0.5, 0.6) is 0 Å². The van der Waals surface area contributed by atoms with Crippen molar-refractivity contribution in [2.75, 3.05) is 10.6 Å². The van der Waals surface area contributed by atoms with E-state index in [4.69, 9.17) is 0 Å². The van der Waals surface area contributed by atoms with Crippen molar-refractivity contribution in [3.8, 4) is 0 Å². The molecule has 7 nitrogen and oxygen atoms in total. The number of carbonyl (C=O) groups excluding carboxylic acids is 2. The first kappa shape index (κ1) is 19.1. The monoisotopic (exact) mass is 408 g/mol. The summed E-state index contributed by atoms with van der Waals surface area (Å²) in [7, 11) is 0. The van der Waals surface area contributed by atoms with Crippen LogP contribution in [0, 0.1) is 12.8 Å². The maximum Gasteiger partial charge on any atom is 0.282 e. The number of rotatable bonds is 4. The lowest BCUT2D eigenvalue weighted by atomic mass is 9.93. The van der Waals surface area contributed by atoms with Crippen LogP contribution in [-0.4, -0.2) is 21.2 Å². The molecule has 0 aliphatic heterocycles. The molecule has 4 rings (SSSR count). The molecule has 1 atom stereocenters. The van der Waals surface area contributed by atoms with Crippen molar-refractivity contribution in [2.24, 2.45) is 5.92 Å². The minimum absolute atomic E-state index is 0.0413. The van der Waals surface area contributed by atoms with E-state index in [1.54, 1.807) is 29.8 Å². The summed E-state index contributed by atoms with van der Waals surface area (Å²) in [5.41, 5.74) is 1.58. The zero-order valence-electron chi connectivity index (χ0n) is 15.8. The lowest BCUT2D eigenvalue weighted by Crippen LogP contribution is -2.25. The first-order valence-electron chi connectivity index (χ1n) is 9.35. The number of aromatic nitrogens is 2. The molecule has 8 heteroatoms. The number of amides is 2. The highest BCUT2D eigenvalue weighted by Crippen LogP contribution is 2.23. The van der Waals surface area contributed by atoms with E-state index in [2.05, 4.69) is 21.7 Å². The Labute approximate surface area is 171 Å². The number of nitrogens with one attached hydrogen (secondary N) is 2. The van der Waals surface area contributed by atoms with Crippen LogP contribution in [0.25, 0.3) is 4.96 Å². The summed E-state index contributed by atoms with van der Waals surface area (Å²) in [5.74, 6) is -0.532. The predicted molar refractivity (Wildman–Crippen MR) is 114 cm³/mol. The van der Waals surface area contributed by atoms with Crippen molar-refractivity contribution in [2.45, 2.75) is 26.2 Å². The van der Waals surface area contributed by atoms with Crippen LogP contribution in [0.3, 0.4) is 0 Å². The number of nitrogens with zero attached hydrogens (tertiary/aromatic N) is 2. The highest BCUT2D eigenvalue weighted by molar-refractivity contribution is 7.15. The molecule has 29 heavy (non-hydrogen) atoms. The fraction of sp³-hybridized carbons (Fsp3) is 0.238. The lowest BCUT2D eigenvalue weighted by molar-refractivity contribution is -0.120. The molecule has 148 valence electrons. The molecule has 3 aromatic rings. The van der Waals surface area contributed by atoms with Crippen molar-refractivity contribution >= 4 is 39.5 Å². The summed E-state index contributed by atoms with van der Waals surface area (Å²) in [5, 5.41) is 7.32. The molecule has 0 bridgehead atoms. The quantitative estimate of drug-likeness (QED) is 0.645. The van der Waals surface area contributed by atoms with Gasteiger partial charge in [-0.05, 0) is 43.9 Å². The second kappa shape index (κ2) is 8.00. The summed E-state index contributed by atoms with van der Waals surface area (Å²) in [6.07, 6.45) is 9.55. The third-order valence-electron chi connectivity index (χ3n) is 4.99. The van der Waals surface area contributed by atoms with Gasteiger partial charge in [-0.3, -0.25) is 18.8 Å². The summed E-state index contributed by atoms with van der Waals surface area (Å²) < 4.78 is 1.39. The predicted octanol–water partition coefficient (Wildman–Crippen LogP) is 3.61. The molecular weight excluding hydrogens is 388 g/mol. The number of hydrogen-bond donors (Lipinski definition) is 2. The van der Waals surface area contributed by atoms with Crippen LogP contribution in [0.4, 0.5) is 11.4 Å². The summed E-state index contributed by atoms with van der Waals surface area (Å²) in [6, 6.07) is 5.08. The van der Waals surface area contributed by atoms with Crippen molar-refractivity contribution in [3.05, 3.63) is 69.6 Å². The number of benzene rings is 1. The maximum absolute atomic E-state index is 12.7. The minimum Gasteiger partial charge on any atom is -0.326 e. The minimum atomic E-state index is -0.435. The number of hydrogen-bond acceptors (Lipinski definition) is 5. The van der Waals surface area contributed by atoms with E-state index in [9.17, 15) is 14.4 Å². The first-order chi connectivity index (χ1) is 14.0. The van der Waals surface area contributed by atoms with E-state index in [0.29, 0.717) is 16.2 Å². The van der Waals surface area contributed by atoms with Gasteiger partial charge in [0.2, 0.25) is 5.91 Å². The second-order valence-electron chi connectivity index (χ2n) is 6.99. The fourth-order valence-electron chi connectivity index (χ4n) is 3.27. The third kappa shape index (κ3) is 3.97. The van der Waals surface area contributed by atoms with Crippen LogP contribution in [0.2, 0.25) is 0 Å². The smallest absolute Gasteiger partial charge is 0.282 e. The van der Waals surface area contributed by atoms with Gasteiger partial charge < -0.3 is 10.6 Å². The molecule has 1 unspecified atom stereocenters. The van der Waals surface area contributed by atoms with Gasteiger partial charge in [-0.15, -0.1) is 11.3 Å². The lowest BCUT2D eigenvalue weighted by Gasteiger charge is -2.18. The Morgan fingerprint density at radius 1 is 1.21 bits per heavy atom. The van der Waals surface area contributed by atoms with E-state index in [-0.39, 0.29) is 23.1 Å². The van der Waals surface area contributed by atoms with Gasteiger partial charge in [0.15, 0.2) is 4.96 Å². The first-order valence-corrected chi connectivity index (χ1v) is 10.2. The van der Waals surface area contributed by atoms with Crippen LogP contribution in [0.1, 0.15) is 35.2 Å². The molecule has 0 spiro atoms. The maximum atomic E-state index is 12.7. The van der Waals surface area contributed by atoms with Crippen molar-refractivity contribution in [3.63, 3.8) is 0 Å². The summed E-state index contributed by atoms with van der Waals surface area (Å²) in [6.45, 7) is 1.87. The van der Waals surface area contributed by atoms with E-state index < -0.39 is 5.91 Å². The van der Waals surface area contributed by atoms with Crippen molar-refractivity contribution < 1.29 is 9.59 Å². The summed E-state index contributed by atoms with van der Waals surface area (Å²) in [4.78, 5) is 42.4. The zero-order valence-corrected chi connectivity index (χ0v) is 16.7. The Bertz CT molecular complexity index is 1180. The van der Waals surface area contributed by atoms with Crippen LogP contribution >= 0.6 is 11.3 Å². The highest BCUT2D eigenvalue weighted by Gasteiger charge is 2.20. The van der Waals surface area contributed by atoms with E-state index >= 15 is 0 Å². The third-order valence-corrected chi connectivity index (χ3v) is 5.76. The van der Waals surface area contributed by atoms with Crippen LogP contribution in [0.15, 0.2) is 52.9 Å². The Balaban J connectivity index is 1.53. The fourth-order valence-corrected chi connectivity index (χ4v) is 3.94. The number of anilines is 2.